The highest BCUT2D eigenvalue weighted by molar-refractivity contribution is 6.34. The third-order valence-electron chi connectivity index (χ3n) is 2.75. The smallest absolute Gasteiger partial charge is 0.219 e. The molecule has 0 amide bonds. The molecule has 6 heteroatoms. The van der Waals surface area contributed by atoms with Crippen LogP contribution in [0.25, 0.3) is 0 Å². The van der Waals surface area contributed by atoms with Crippen LogP contribution in [0.3, 0.4) is 0 Å². The van der Waals surface area contributed by atoms with Crippen molar-refractivity contribution in [3.63, 3.8) is 0 Å². The van der Waals surface area contributed by atoms with E-state index < -0.39 is 0 Å². The third kappa shape index (κ3) is 5.58. The molecule has 21 heavy (non-hydrogen) atoms. The molecule has 116 valence electrons. The van der Waals surface area contributed by atoms with Gasteiger partial charge in [-0.25, -0.2) is 0 Å². The van der Waals surface area contributed by atoms with Crippen LogP contribution in [0.15, 0.2) is 34.5 Å². The molecule has 0 aliphatic rings. The zero-order valence-corrected chi connectivity index (χ0v) is 13.8. The summed E-state index contributed by atoms with van der Waals surface area (Å²) in [4.78, 5) is 4.45. The average Bonchev–Trinajstić information content (AvgIpc) is 2.43. The molecule has 1 aromatic rings. The minimum Gasteiger partial charge on any atom is -0.439 e. The summed E-state index contributed by atoms with van der Waals surface area (Å²) in [6.45, 7) is 4.92. The summed E-state index contributed by atoms with van der Waals surface area (Å²) in [5.41, 5.74) is 13.0. The van der Waals surface area contributed by atoms with Gasteiger partial charge in [-0.3, -0.25) is 4.99 Å². The van der Waals surface area contributed by atoms with Gasteiger partial charge in [0, 0.05) is 34.4 Å². The Bertz CT molecular complexity index is 521. The van der Waals surface area contributed by atoms with Gasteiger partial charge in [0.25, 0.3) is 0 Å². The highest BCUT2D eigenvalue weighted by atomic mass is 35.5. The molecule has 0 aliphatic carbocycles. The molecular formula is C15H21Cl2N3O. The van der Waals surface area contributed by atoms with Crippen molar-refractivity contribution in [1.29, 1.82) is 0 Å². The van der Waals surface area contributed by atoms with Crippen LogP contribution in [0, 0.1) is 0 Å². The van der Waals surface area contributed by atoms with Gasteiger partial charge < -0.3 is 16.2 Å². The summed E-state index contributed by atoms with van der Waals surface area (Å²) < 4.78 is 5.84. The Labute approximate surface area is 135 Å². The predicted octanol–water partition coefficient (Wildman–Crippen LogP) is 3.76. The van der Waals surface area contributed by atoms with Crippen molar-refractivity contribution in [2.45, 2.75) is 26.7 Å². The van der Waals surface area contributed by atoms with Crippen LogP contribution in [0.5, 0.6) is 5.75 Å². The second-order valence-corrected chi connectivity index (χ2v) is 5.33. The monoisotopic (exact) mass is 329 g/mol. The summed E-state index contributed by atoms with van der Waals surface area (Å²) in [6.07, 6.45) is 1.59. The molecule has 0 aliphatic heterocycles. The Kier molecular flexibility index (Phi) is 7.57. The van der Waals surface area contributed by atoms with Crippen LogP contribution in [0.4, 0.5) is 0 Å². The van der Waals surface area contributed by atoms with Gasteiger partial charge in [0.1, 0.15) is 5.75 Å². The van der Waals surface area contributed by atoms with Crippen molar-refractivity contribution in [3.05, 3.63) is 39.5 Å². The van der Waals surface area contributed by atoms with E-state index in [2.05, 4.69) is 4.99 Å². The molecule has 4 nitrogen and oxygen atoms in total. The number of aliphatic imine (C=N–C) groups is 1. The average molecular weight is 330 g/mol. The van der Waals surface area contributed by atoms with Gasteiger partial charge >= 0.3 is 0 Å². The molecule has 0 bridgehead atoms. The van der Waals surface area contributed by atoms with Crippen molar-refractivity contribution in [2.24, 2.45) is 16.5 Å². The zero-order valence-electron chi connectivity index (χ0n) is 12.3. The lowest BCUT2D eigenvalue weighted by Gasteiger charge is -2.14. The lowest BCUT2D eigenvalue weighted by Crippen LogP contribution is -2.21. The molecule has 1 rings (SSSR count). The number of benzene rings is 1. The molecule has 0 fully saturated rings. The standard InChI is InChI=1S/C15H21Cl2N3O/c1-3-5-20-15(13(4-2)14(19)9-18)21-12-7-10(16)6-11(17)8-12/h6-8H,3-5,9,18-19H2,1-2H3. The van der Waals surface area contributed by atoms with Crippen molar-refractivity contribution < 1.29 is 4.74 Å². The molecule has 0 saturated heterocycles. The van der Waals surface area contributed by atoms with E-state index in [-0.39, 0.29) is 6.54 Å². The van der Waals surface area contributed by atoms with E-state index in [4.69, 9.17) is 39.4 Å². The van der Waals surface area contributed by atoms with Crippen molar-refractivity contribution >= 4 is 29.1 Å². The van der Waals surface area contributed by atoms with E-state index in [1.807, 2.05) is 13.8 Å². The third-order valence-corrected chi connectivity index (χ3v) is 3.19. The lowest BCUT2D eigenvalue weighted by atomic mass is 10.1. The molecule has 0 unspecified atom stereocenters. The highest BCUT2D eigenvalue weighted by Crippen LogP contribution is 2.25. The SMILES string of the molecule is CCCN=C(Oc1cc(Cl)cc(Cl)c1)C(CC)=C(N)CN. The number of nitrogens with two attached hydrogens (primary N) is 2. The summed E-state index contributed by atoms with van der Waals surface area (Å²) >= 11 is 12.0. The molecule has 1 aromatic carbocycles. The van der Waals surface area contributed by atoms with E-state index in [0.29, 0.717) is 40.4 Å². The molecule has 0 radical (unpaired) electrons. The Balaban J connectivity index is 3.14. The minimum absolute atomic E-state index is 0.258. The normalized spacial score (nSPS) is 13.1. The van der Waals surface area contributed by atoms with Crippen LogP contribution < -0.4 is 16.2 Å². The minimum atomic E-state index is 0.258. The van der Waals surface area contributed by atoms with Crippen LogP contribution >= 0.6 is 23.2 Å². The molecule has 0 saturated carbocycles. The first-order valence-corrected chi connectivity index (χ1v) is 7.63. The summed E-state index contributed by atoms with van der Waals surface area (Å²) in [6, 6.07) is 5.01. The maximum Gasteiger partial charge on any atom is 0.219 e. The number of halogens is 2. The van der Waals surface area contributed by atoms with Crippen LogP contribution in [-0.2, 0) is 0 Å². The summed E-state index contributed by atoms with van der Waals surface area (Å²) in [5.74, 6) is 0.999. The van der Waals surface area contributed by atoms with Gasteiger partial charge in [0.15, 0.2) is 0 Å². The van der Waals surface area contributed by atoms with E-state index in [1.54, 1.807) is 18.2 Å². The fourth-order valence-corrected chi connectivity index (χ4v) is 2.25. The van der Waals surface area contributed by atoms with E-state index >= 15 is 0 Å². The van der Waals surface area contributed by atoms with Crippen molar-refractivity contribution in [3.8, 4) is 5.75 Å². The second kappa shape index (κ2) is 8.93. The maximum absolute atomic E-state index is 5.98. The zero-order chi connectivity index (χ0) is 15.8. The fraction of sp³-hybridized carbons (Fsp3) is 0.400. The van der Waals surface area contributed by atoms with Crippen molar-refractivity contribution in [2.75, 3.05) is 13.1 Å². The maximum atomic E-state index is 5.98. The van der Waals surface area contributed by atoms with Gasteiger partial charge in [0.2, 0.25) is 5.90 Å². The van der Waals surface area contributed by atoms with Gasteiger partial charge in [-0.15, -0.1) is 0 Å². The molecule has 0 aromatic heterocycles. The molecular weight excluding hydrogens is 309 g/mol. The van der Waals surface area contributed by atoms with Crippen LogP contribution in [-0.4, -0.2) is 19.0 Å². The first-order valence-electron chi connectivity index (χ1n) is 6.88. The fourth-order valence-electron chi connectivity index (χ4n) is 1.74. The molecule has 0 heterocycles. The Morgan fingerprint density at radius 3 is 2.29 bits per heavy atom. The lowest BCUT2D eigenvalue weighted by molar-refractivity contribution is 0.542. The van der Waals surface area contributed by atoms with Crippen LogP contribution in [0.1, 0.15) is 26.7 Å². The summed E-state index contributed by atoms with van der Waals surface area (Å²) in [5, 5.41) is 1.00. The number of ether oxygens (including phenoxy) is 1. The Hall–Kier alpha value is -1.23. The number of rotatable bonds is 6. The van der Waals surface area contributed by atoms with Gasteiger partial charge in [-0.2, -0.15) is 0 Å². The molecule has 4 N–H and O–H groups in total. The van der Waals surface area contributed by atoms with Gasteiger partial charge in [-0.1, -0.05) is 37.0 Å². The second-order valence-electron chi connectivity index (χ2n) is 4.46. The Morgan fingerprint density at radius 2 is 1.81 bits per heavy atom. The van der Waals surface area contributed by atoms with E-state index in [1.165, 1.54) is 0 Å². The summed E-state index contributed by atoms with van der Waals surface area (Å²) in [7, 11) is 0. The first kappa shape index (κ1) is 17.8. The highest BCUT2D eigenvalue weighted by Gasteiger charge is 2.13. The number of nitrogens with zero attached hydrogens (tertiary/aromatic N) is 1. The predicted molar refractivity (Wildman–Crippen MR) is 90.2 cm³/mol. The van der Waals surface area contributed by atoms with Gasteiger partial charge in [0.05, 0.1) is 0 Å². The molecule has 0 atom stereocenters. The number of hydrogen-bond donors (Lipinski definition) is 2. The number of hydrogen-bond acceptors (Lipinski definition) is 4. The van der Waals surface area contributed by atoms with Gasteiger partial charge in [-0.05, 0) is 31.0 Å². The Morgan fingerprint density at radius 1 is 1.19 bits per heavy atom. The van der Waals surface area contributed by atoms with Crippen LogP contribution in [0.2, 0.25) is 10.0 Å². The largest absolute Gasteiger partial charge is 0.439 e. The first-order chi connectivity index (χ1) is 10.0. The van der Waals surface area contributed by atoms with E-state index in [9.17, 15) is 0 Å². The quantitative estimate of drug-likeness (QED) is 0.616. The van der Waals surface area contributed by atoms with E-state index in [0.717, 1.165) is 12.0 Å². The van der Waals surface area contributed by atoms with Crippen molar-refractivity contribution in [1.82, 2.24) is 0 Å². The molecule has 0 spiro atoms. The topological polar surface area (TPSA) is 73.6 Å².